The van der Waals surface area contributed by atoms with Gasteiger partial charge < -0.3 is 10.2 Å². The Labute approximate surface area is 129 Å². The maximum absolute atomic E-state index is 12.6. The van der Waals surface area contributed by atoms with Gasteiger partial charge in [0.05, 0.1) is 4.88 Å². The summed E-state index contributed by atoms with van der Waals surface area (Å²) in [4.78, 5) is 17.1. The number of hydrogen-bond acceptors (Lipinski definition) is 4. The van der Waals surface area contributed by atoms with E-state index in [0.717, 1.165) is 55.4 Å². The van der Waals surface area contributed by atoms with Crippen molar-refractivity contribution < 1.29 is 4.79 Å². The molecule has 110 valence electrons. The molecule has 1 aromatic rings. The Bertz CT molecular complexity index is 455. The van der Waals surface area contributed by atoms with Crippen molar-refractivity contribution in [2.45, 2.75) is 25.0 Å². The average Bonchev–Trinajstić information content (AvgIpc) is 2.91. The zero-order valence-corrected chi connectivity index (χ0v) is 13.6. The number of hydrogen-bond donors (Lipinski definition) is 1. The molecule has 0 aromatic carbocycles. The van der Waals surface area contributed by atoms with Crippen LogP contribution in [0.3, 0.4) is 0 Å². The summed E-state index contributed by atoms with van der Waals surface area (Å²) in [5.74, 6) is 3.29. The Morgan fingerprint density at radius 1 is 1.45 bits per heavy atom. The molecule has 2 aliphatic rings. The number of fused-ring (bicyclic) bond motifs is 1. The molecule has 3 rings (SSSR count). The molecule has 0 radical (unpaired) electrons. The van der Waals surface area contributed by atoms with Crippen molar-refractivity contribution in [3.8, 4) is 0 Å². The average molecular weight is 310 g/mol. The van der Waals surface area contributed by atoms with Gasteiger partial charge in [-0.15, -0.1) is 11.3 Å². The van der Waals surface area contributed by atoms with E-state index < -0.39 is 0 Å². The molecule has 1 N–H and O–H groups in total. The van der Waals surface area contributed by atoms with E-state index in [0.29, 0.717) is 0 Å². The van der Waals surface area contributed by atoms with Gasteiger partial charge in [-0.3, -0.25) is 4.79 Å². The van der Waals surface area contributed by atoms with Gasteiger partial charge in [0.25, 0.3) is 5.91 Å². The topological polar surface area (TPSA) is 32.3 Å². The zero-order valence-electron chi connectivity index (χ0n) is 12.0. The van der Waals surface area contributed by atoms with Crippen LogP contribution in [0.1, 0.15) is 33.0 Å². The van der Waals surface area contributed by atoms with Crippen molar-refractivity contribution in [2.24, 2.45) is 5.92 Å². The normalized spacial score (nSPS) is 19.9. The monoisotopic (exact) mass is 310 g/mol. The minimum Gasteiger partial charge on any atom is -0.338 e. The molecule has 0 unspecified atom stereocenters. The van der Waals surface area contributed by atoms with Gasteiger partial charge in [0.2, 0.25) is 0 Å². The molecular formula is C15H22N2OS2. The van der Waals surface area contributed by atoms with Gasteiger partial charge in [0, 0.05) is 23.7 Å². The van der Waals surface area contributed by atoms with Crippen LogP contribution in [0.5, 0.6) is 0 Å². The highest BCUT2D eigenvalue weighted by Gasteiger charge is 2.25. The summed E-state index contributed by atoms with van der Waals surface area (Å²) in [7, 11) is 2.01. The number of likely N-dealkylation sites (tertiary alicyclic amines) is 1. The van der Waals surface area contributed by atoms with Gasteiger partial charge >= 0.3 is 0 Å². The van der Waals surface area contributed by atoms with E-state index in [1.807, 2.05) is 18.8 Å². The minimum absolute atomic E-state index is 0.261. The Morgan fingerprint density at radius 3 is 2.95 bits per heavy atom. The van der Waals surface area contributed by atoms with Crippen LogP contribution in [0.2, 0.25) is 0 Å². The molecule has 5 heteroatoms. The number of nitrogens with zero attached hydrogens (tertiary/aromatic N) is 1. The molecule has 1 fully saturated rings. The maximum atomic E-state index is 12.6. The molecule has 0 aliphatic carbocycles. The Morgan fingerprint density at radius 2 is 2.25 bits per heavy atom. The van der Waals surface area contributed by atoms with Crippen LogP contribution in [-0.2, 0) is 12.2 Å². The van der Waals surface area contributed by atoms with Crippen LogP contribution in [0, 0.1) is 5.92 Å². The standard InChI is InChI=1S/C15H22N2OS2/c1-16-9-11-2-5-17(6-3-11)15(18)14-8-12-10-19-7-4-13(12)20-14/h8,11,16H,2-7,9-10H2,1H3. The lowest BCUT2D eigenvalue weighted by atomic mass is 9.97. The first-order valence-corrected chi connectivity index (χ1v) is 9.38. The second-order valence-electron chi connectivity index (χ2n) is 5.65. The molecule has 0 saturated carbocycles. The fourth-order valence-corrected chi connectivity index (χ4v) is 5.38. The van der Waals surface area contributed by atoms with Crippen LogP contribution >= 0.6 is 23.1 Å². The maximum Gasteiger partial charge on any atom is 0.263 e. The number of thiophene rings is 1. The Hall–Kier alpha value is -0.520. The number of nitrogens with one attached hydrogen (secondary N) is 1. The van der Waals surface area contributed by atoms with E-state index in [9.17, 15) is 4.79 Å². The fourth-order valence-electron chi connectivity index (χ4n) is 3.04. The van der Waals surface area contributed by atoms with Crippen LogP contribution in [0.4, 0.5) is 0 Å². The molecule has 2 aliphatic heterocycles. The number of rotatable bonds is 3. The fraction of sp³-hybridized carbons (Fsp3) is 0.667. The van der Waals surface area contributed by atoms with Crippen LogP contribution < -0.4 is 5.32 Å². The Balaban J connectivity index is 1.63. The summed E-state index contributed by atoms with van der Waals surface area (Å²) in [6.07, 6.45) is 3.41. The molecule has 1 aromatic heterocycles. The number of amides is 1. The van der Waals surface area contributed by atoms with Gasteiger partial charge in [-0.2, -0.15) is 11.8 Å². The summed E-state index contributed by atoms with van der Waals surface area (Å²) in [6.45, 7) is 2.91. The number of aryl methyl sites for hydroxylation is 1. The smallest absolute Gasteiger partial charge is 0.263 e. The third-order valence-corrected chi connectivity index (χ3v) is 6.47. The van der Waals surface area contributed by atoms with E-state index in [1.165, 1.54) is 16.2 Å². The molecule has 3 nitrogen and oxygen atoms in total. The van der Waals surface area contributed by atoms with E-state index in [4.69, 9.17) is 0 Å². The predicted octanol–water partition coefficient (Wildman–Crippen LogP) is 2.61. The highest BCUT2D eigenvalue weighted by molar-refractivity contribution is 7.98. The van der Waals surface area contributed by atoms with Gasteiger partial charge in [-0.05, 0) is 56.2 Å². The lowest BCUT2D eigenvalue weighted by Gasteiger charge is -2.31. The molecule has 1 amide bonds. The van der Waals surface area contributed by atoms with Crippen molar-refractivity contribution in [1.82, 2.24) is 10.2 Å². The molecule has 0 atom stereocenters. The van der Waals surface area contributed by atoms with E-state index in [1.54, 1.807) is 11.3 Å². The summed E-state index contributed by atoms with van der Waals surface area (Å²) < 4.78 is 0. The number of thioether (sulfide) groups is 1. The first-order chi connectivity index (χ1) is 9.78. The zero-order chi connectivity index (χ0) is 13.9. The molecule has 0 spiro atoms. The molecule has 0 bridgehead atoms. The second kappa shape index (κ2) is 6.50. The summed E-state index contributed by atoms with van der Waals surface area (Å²) in [6, 6.07) is 2.15. The molecule has 20 heavy (non-hydrogen) atoms. The molecule has 3 heterocycles. The van der Waals surface area contributed by atoms with Crippen molar-refractivity contribution in [3.05, 3.63) is 21.4 Å². The third-order valence-electron chi connectivity index (χ3n) is 4.23. The summed E-state index contributed by atoms with van der Waals surface area (Å²) in [5, 5.41) is 3.24. The van der Waals surface area contributed by atoms with Crippen molar-refractivity contribution in [3.63, 3.8) is 0 Å². The van der Waals surface area contributed by atoms with Crippen LogP contribution in [0.25, 0.3) is 0 Å². The lowest BCUT2D eigenvalue weighted by Crippen LogP contribution is -2.40. The van der Waals surface area contributed by atoms with Gasteiger partial charge in [-0.1, -0.05) is 0 Å². The lowest BCUT2D eigenvalue weighted by molar-refractivity contribution is 0.0696. The van der Waals surface area contributed by atoms with Crippen LogP contribution in [0.15, 0.2) is 6.07 Å². The number of carbonyl (C=O) groups excluding carboxylic acids is 1. The van der Waals surface area contributed by atoms with Crippen molar-refractivity contribution in [1.29, 1.82) is 0 Å². The first-order valence-electron chi connectivity index (χ1n) is 7.41. The minimum atomic E-state index is 0.261. The first kappa shape index (κ1) is 14.4. The van der Waals surface area contributed by atoms with E-state index >= 15 is 0 Å². The van der Waals surface area contributed by atoms with Crippen LogP contribution in [-0.4, -0.2) is 43.2 Å². The molecular weight excluding hydrogens is 288 g/mol. The quantitative estimate of drug-likeness (QED) is 0.931. The summed E-state index contributed by atoms with van der Waals surface area (Å²) in [5.41, 5.74) is 1.40. The largest absolute Gasteiger partial charge is 0.338 e. The molecule has 1 saturated heterocycles. The number of carbonyl (C=O) groups is 1. The third kappa shape index (κ3) is 3.05. The number of piperidine rings is 1. The van der Waals surface area contributed by atoms with Gasteiger partial charge in [0.1, 0.15) is 0 Å². The van der Waals surface area contributed by atoms with E-state index in [2.05, 4.69) is 16.3 Å². The highest BCUT2D eigenvalue weighted by atomic mass is 32.2. The Kier molecular flexibility index (Phi) is 4.68. The highest BCUT2D eigenvalue weighted by Crippen LogP contribution is 2.32. The SMILES string of the molecule is CNCC1CCN(C(=O)c2cc3c(s2)CCSC3)CC1. The predicted molar refractivity (Wildman–Crippen MR) is 86.7 cm³/mol. The second-order valence-corrected chi connectivity index (χ2v) is 7.90. The summed E-state index contributed by atoms with van der Waals surface area (Å²) >= 11 is 3.71. The van der Waals surface area contributed by atoms with Crippen molar-refractivity contribution >= 4 is 29.0 Å². The van der Waals surface area contributed by atoms with Crippen molar-refractivity contribution in [2.75, 3.05) is 32.4 Å². The van der Waals surface area contributed by atoms with Gasteiger partial charge in [-0.25, -0.2) is 0 Å². The van der Waals surface area contributed by atoms with Gasteiger partial charge in [0.15, 0.2) is 0 Å². The van der Waals surface area contributed by atoms with E-state index in [-0.39, 0.29) is 5.91 Å².